The molecular formula is C16H19N3O5. The molecule has 4 N–H and O–H groups in total. The quantitative estimate of drug-likeness (QED) is 0.565. The van der Waals surface area contributed by atoms with Crippen LogP contribution in [0.5, 0.6) is 0 Å². The first-order valence-electron chi connectivity index (χ1n) is 6.94. The maximum absolute atomic E-state index is 12.1. The Kier molecular flexibility index (Phi) is 5.83. The van der Waals surface area contributed by atoms with Crippen LogP contribution in [0.4, 0.5) is 5.69 Å². The number of aromatic nitrogens is 2. The Bertz CT molecular complexity index is 784. The summed E-state index contributed by atoms with van der Waals surface area (Å²) in [6.07, 6.45) is 2.78. The number of nitrogens with zero attached hydrogens (tertiary/aromatic N) is 2. The molecule has 2 aromatic rings. The van der Waals surface area contributed by atoms with Crippen molar-refractivity contribution in [1.29, 1.82) is 0 Å². The highest BCUT2D eigenvalue weighted by atomic mass is 16.4. The highest BCUT2D eigenvalue weighted by Crippen LogP contribution is 2.22. The van der Waals surface area contributed by atoms with Crippen molar-refractivity contribution in [2.24, 2.45) is 5.41 Å². The molecule has 0 radical (unpaired) electrons. The molecule has 0 fully saturated rings. The van der Waals surface area contributed by atoms with Crippen molar-refractivity contribution in [3.05, 3.63) is 36.5 Å². The summed E-state index contributed by atoms with van der Waals surface area (Å²) in [6.45, 7) is 5.63. The van der Waals surface area contributed by atoms with E-state index in [-0.39, 0.29) is 5.91 Å². The molecule has 0 saturated carbocycles. The lowest BCUT2D eigenvalue weighted by Crippen LogP contribution is -2.27. The van der Waals surface area contributed by atoms with Crippen LogP contribution in [0.2, 0.25) is 0 Å². The average Bonchev–Trinajstić information content (AvgIpc) is 2.86. The second-order valence-corrected chi connectivity index (χ2v) is 5.94. The van der Waals surface area contributed by atoms with E-state index in [1.54, 1.807) is 12.3 Å². The fourth-order valence-corrected chi connectivity index (χ4v) is 1.67. The first-order chi connectivity index (χ1) is 11.0. The Hall–Kier alpha value is -3.16. The molecule has 8 heteroatoms. The number of rotatable bonds is 2. The number of carboxylic acids is 2. The third kappa shape index (κ3) is 5.24. The van der Waals surface area contributed by atoms with Crippen molar-refractivity contribution in [1.82, 2.24) is 9.78 Å². The summed E-state index contributed by atoms with van der Waals surface area (Å²) in [4.78, 5) is 31.2. The average molecular weight is 333 g/mol. The largest absolute Gasteiger partial charge is 0.478 e. The van der Waals surface area contributed by atoms with E-state index in [0.717, 1.165) is 10.9 Å². The predicted octanol–water partition coefficient (Wildman–Crippen LogP) is 2.02. The van der Waals surface area contributed by atoms with Gasteiger partial charge in [-0.05, 0) is 18.2 Å². The lowest BCUT2D eigenvalue weighted by atomic mass is 9.96. The number of carbonyl (C=O) groups is 3. The van der Waals surface area contributed by atoms with Crippen LogP contribution in [-0.2, 0) is 9.59 Å². The Morgan fingerprint density at radius 3 is 2.12 bits per heavy atom. The first kappa shape index (κ1) is 18.9. The summed E-state index contributed by atoms with van der Waals surface area (Å²) in [7, 11) is 0. The van der Waals surface area contributed by atoms with Crippen LogP contribution in [0, 0.1) is 5.41 Å². The monoisotopic (exact) mass is 333 g/mol. The van der Waals surface area contributed by atoms with Gasteiger partial charge in [-0.3, -0.25) is 4.79 Å². The molecule has 128 valence electrons. The van der Waals surface area contributed by atoms with E-state index >= 15 is 0 Å². The molecule has 1 heterocycles. The number of hydrogen-bond donors (Lipinski definition) is 3. The van der Waals surface area contributed by atoms with Gasteiger partial charge in [-0.25, -0.2) is 9.59 Å². The zero-order valence-electron chi connectivity index (χ0n) is 13.6. The van der Waals surface area contributed by atoms with Gasteiger partial charge in [-0.2, -0.15) is 9.78 Å². The normalized spacial score (nSPS) is 11.1. The number of fused-ring (bicyclic) bond motifs is 1. The van der Waals surface area contributed by atoms with Crippen molar-refractivity contribution < 1.29 is 24.6 Å². The zero-order chi connectivity index (χ0) is 18.5. The molecule has 0 aliphatic heterocycles. The molecule has 1 aromatic carbocycles. The summed E-state index contributed by atoms with van der Waals surface area (Å²) >= 11 is 0. The number of nitrogen functional groups attached to an aromatic ring is 1. The SMILES string of the molecule is CC(C)(C)C(=O)n1ncc2cc(N)ccc21.O=C(O)/C=C\C(=O)O. The predicted molar refractivity (Wildman–Crippen MR) is 88.6 cm³/mol. The van der Waals surface area contributed by atoms with Crippen molar-refractivity contribution >= 4 is 34.4 Å². The van der Waals surface area contributed by atoms with Gasteiger partial charge in [-0.1, -0.05) is 20.8 Å². The Morgan fingerprint density at radius 2 is 1.67 bits per heavy atom. The molecule has 2 rings (SSSR count). The Morgan fingerprint density at radius 1 is 1.12 bits per heavy atom. The van der Waals surface area contributed by atoms with Crippen LogP contribution in [0.1, 0.15) is 25.6 Å². The van der Waals surface area contributed by atoms with Gasteiger partial charge in [0.2, 0.25) is 0 Å². The smallest absolute Gasteiger partial charge is 0.328 e. The van der Waals surface area contributed by atoms with E-state index < -0.39 is 17.4 Å². The molecule has 0 aliphatic carbocycles. The highest BCUT2D eigenvalue weighted by Gasteiger charge is 2.25. The zero-order valence-corrected chi connectivity index (χ0v) is 13.6. The first-order valence-corrected chi connectivity index (χ1v) is 6.94. The van der Waals surface area contributed by atoms with Gasteiger partial charge in [0.05, 0.1) is 11.7 Å². The Balaban J connectivity index is 0.000000307. The third-order valence-corrected chi connectivity index (χ3v) is 2.79. The molecule has 0 saturated heterocycles. The molecule has 0 unspecified atom stereocenters. The minimum absolute atomic E-state index is 0.0210. The van der Waals surface area contributed by atoms with Gasteiger partial charge < -0.3 is 15.9 Å². The molecule has 0 bridgehead atoms. The Labute approximate surface area is 138 Å². The lowest BCUT2D eigenvalue weighted by Gasteiger charge is -2.16. The molecule has 0 amide bonds. The van der Waals surface area contributed by atoms with E-state index in [9.17, 15) is 14.4 Å². The maximum Gasteiger partial charge on any atom is 0.328 e. The fraction of sp³-hybridized carbons (Fsp3) is 0.250. The van der Waals surface area contributed by atoms with Crippen LogP contribution in [0.15, 0.2) is 36.5 Å². The number of benzene rings is 1. The van der Waals surface area contributed by atoms with Crippen molar-refractivity contribution in [3.63, 3.8) is 0 Å². The molecule has 0 spiro atoms. The van der Waals surface area contributed by atoms with Crippen LogP contribution >= 0.6 is 0 Å². The summed E-state index contributed by atoms with van der Waals surface area (Å²) in [5, 5.41) is 20.6. The number of carboxylic acid groups (broad SMARTS) is 2. The summed E-state index contributed by atoms with van der Waals surface area (Å²) in [5.41, 5.74) is 6.71. The van der Waals surface area contributed by atoms with Gasteiger partial charge in [-0.15, -0.1) is 0 Å². The van der Waals surface area contributed by atoms with Gasteiger partial charge >= 0.3 is 11.9 Å². The molecular weight excluding hydrogens is 314 g/mol. The van der Waals surface area contributed by atoms with Crippen LogP contribution in [0.3, 0.4) is 0 Å². The summed E-state index contributed by atoms with van der Waals surface area (Å²) in [5.74, 6) is -2.54. The molecule has 1 aromatic heterocycles. The summed E-state index contributed by atoms with van der Waals surface area (Å²) < 4.78 is 1.44. The second kappa shape index (κ2) is 7.40. The molecule has 0 aliphatic rings. The minimum atomic E-state index is -1.26. The molecule has 24 heavy (non-hydrogen) atoms. The second-order valence-electron chi connectivity index (χ2n) is 5.94. The third-order valence-electron chi connectivity index (χ3n) is 2.79. The van der Waals surface area contributed by atoms with Crippen LogP contribution in [-0.4, -0.2) is 37.8 Å². The van der Waals surface area contributed by atoms with Crippen LogP contribution in [0.25, 0.3) is 10.9 Å². The summed E-state index contributed by atoms with van der Waals surface area (Å²) in [6, 6.07) is 5.41. The minimum Gasteiger partial charge on any atom is -0.478 e. The molecule has 8 nitrogen and oxygen atoms in total. The maximum atomic E-state index is 12.1. The topological polar surface area (TPSA) is 136 Å². The number of anilines is 1. The standard InChI is InChI=1S/C12H15N3O.C4H4O4/c1-12(2,3)11(16)15-10-5-4-9(13)6-8(10)7-14-15;5-3(6)1-2-4(7)8/h4-7H,13H2,1-3H3;1-2H,(H,5,6)(H,7,8)/b;2-1-. The van der Waals surface area contributed by atoms with E-state index in [1.807, 2.05) is 32.9 Å². The molecule has 0 atom stereocenters. The van der Waals surface area contributed by atoms with Crippen molar-refractivity contribution in [2.75, 3.05) is 5.73 Å². The number of carbonyl (C=O) groups excluding carboxylic acids is 1. The lowest BCUT2D eigenvalue weighted by molar-refractivity contribution is -0.134. The number of hydrogen-bond acceptors (Lipinski definition) is 5. The van der Waals surface area contributed by atoms with Crippen LogP contribution < -0.4 is 5.73 Å². The van der Waals surface area contributed by atoms with Gasteiger partial charge in [0, 0.05) is 28.6 Å². The van der Waals surface area contributed by atoms with E-state index in [2.05, 4.69) is 5.10 Å². The number of nitrogens with two attached hydrogens (primary N) is 1. The van der Waals surface area contributed by atoms with Crippen molar-refractivity contribution in [3.8, 4) is 0 Å². The van der Waals surface area contributed by atoms with Gasteiger partial charge in [0.15, 0.2) is 0 Å². The highest BCUT2D eigenvalue weighted by molar-refractivity contribution is 5.94. The van der Waals surface area contributed by atoms with Gasteiger partial charge in [0.1, 0.15) is 0 Å². The number of aliphatic carboxylic acids is 2. The fourth-order valence-electron chi connectivity index (χ4n) is 1.67. The van der Waals surface area contributed by atoms with E-state index in [4.69, 9.17) is 15.9 Å². The van der Waals surface area contributed by atoms with E-state index in [0.29, 0.717) is 17.8 Å². The van der Waals surface area contributed by atoms with Crippen molar-refractivity contribution in [2.45, 2.75) is 20.8 Å². The van der Waals surface area contributed by atoms with E-state index in [1.165, 1.54) is 4.68 Å². The van der Waals surface area contributed by atoms with Gasteiger partial charge in [0.25, 0.3) is 5.91 Å².